The molecule has 0 bridgehead atoms. The molecule has 6 aromatic rings. The largest absolute Gasteiger partial charge is 0.303 e. The molecule has 1 aliphatic carbocycles. The van der Waals surface area contributed by atoms with Gasteiger partial charge in [0.15, 0.2) is 5.82 Å². The molecular formula is C37H23ClF2N8O3. The van der Waals surface area contributed by atoms with Gasteiger partial charge in [-0.2, -0.15) is 5.10 Å². The molecule has 11 nitrogen and oxygen atoms in total. The third-order valence-electron chi connectivity index (χ3n) is 10.3. The van der Waals surface area contributed by atoms with Gasteiger partial charge in [0.1, 0.15) is 5.69 Å². The second kappa shape index (κ2) is 10.7. The molecule has 10 rings (SSSR count). The summed E-state index contributed by atoms with van der Waals surface area (Å²) in [5.74, 6) is -0.136. The van der Waals surface area contributed by atoms with E-state index in [0.717, 1.165) is 33.9 Å². The van der Waals surface area contributed by atoms with Gasteiger partial charge >= 0.3 is 0 Å². The number of aromatic amines is 1. The first-order valence-corrected chi connectivity index (χ1v) is 16.6. The number of halogens is 3. The Labute approximate surface area is 291 Å². The average Bonchev–Trinajstić information content (AvgIpc) is 3.63. The van der Waals surface area contributed by atoms with Crippen molar-refractivity contribution in [3.05, 3.63) is 129 Å². The first-order valence-electron chi connectivity index (χ1n) is 16.2. The van der Waals surface area contributed by atoms with Crippen LogP contribution in [0.5, 0.6) is 0 Å². The Bertz CT molecular complexity index is 2620. The molecule has 0 spiro atoms. The SMILES string of the molecule is O=C1c2ccccc2C(=O)N1c1n[nH]c2cc(C3=CN=C([C@@H]4[C@H]5C[C@H]5c5cc(-c6cc(Cl)ccc6-n6cc(C(F)F)nn6)cc(=O)n54)C3)ccc12. The maximum absolute atomic E-state index is 13.9. The van der Waals surface area contributed by atoms with Crippen LogP contribution < -0.4 is 10.5 Å². The first-order chi connectivity index (χ1) is 24.7. The summed E-state index contributed by atoms with van der Waals surface area (Å²) in [5, 5.41) is 15.9. The number of carbonyl (C=O) groups excluding carboxylic acids is 2. The third kappa shape index (κ3) is 4.43. The lowest BCUT2D eigenvalue weighted by Crippen LogP contribution is -2.29. The summed E-state index contributed by atoms with van der Waals surface area (Å²) in [7, 11) is 0. The van der Waals surface area contributed by atoms with Crippen molar-refractivity contribution in [2.45, 2.75) is 31.2 Å². The van der Waals surface area contributed by atoms with Crippen molar-refractivity contribution in [2.24, 2.45) is 10.9 Å². The van der Waals surface area contributed by atoms with Crippen molar-refractivity contribution in [1.29, 1.82) is 0 Å². The minimum atomic E-state index is -2.77. The van der Waals surface area contributed by atoms with E-state index in [4.69, 9.17) is 16.6 Å². The van der Waals surface area contributed by atoms with E-state index in [9.17, 15) is 23.2 Å². The van der Waals surface area contributed by atoms with E-state index in [-0.39, 0.29) is 29.3 Å². The Kier molecular flexibility index (Phi) is 6.26. The van der Waals surface area contributed by atoms with Crippen LogP contribution in [-0.4, -0.2) is 47.3 Å². The van der Waals surface area contributed by atoms with Crippen LogP contribution in [0, 0.1) is 5.92 Å². The number of imide groups is 1. The van der Waals surface area contributed by atoms with Gasteiger partial charge < -0.3 is 4.57 Å². The summed E-state index contributed by atoms with van der Waals surface area (Å²) in [6, 6.07) is 20.7. The zero-order valence-corrected chi connectivity index (χ0v) is 27.1. The Morgan fingerprint density at radius 3 is 2.47 bits per heavy atom. The van der Waals surface area contributed by atoms with Crippen molar-refractivity contribution in [3.63, 3.8) is 0 Å². The molecule has 1 saturated carbocycles. The van der Waals surface area contributed by atoms with E-state index in [1.165, 1.54) is 10.9 Å². The van der Waals surface area contributed by atoms with Gasteiger partial charge in [-0.3, -0.25) is 24.5 Å². The number of aliphatic imine (C=N–C) groups is 1. The van der Waals surface area contributed by atoms with Crippen molar-refractivity contribution < 1.29 is 18.4 Å². The molecule has 3 atom stereocenters. The molecule has 6 heterocycles. The number of fused-ring (bicyclic) bond motifs is 5. The van der Waals surface area contributed by atoms with Crippen molar-refractivity contribution in [3.8, 4) is 16.8 Å². The Hall–Kier alpha value is -6.08. The van der Waals surface area contributed by atoms with E-state index in [2.05, 4.69) is 20.5 Å². The number of allylic oxidation sites excluding steroid dienone is 1. The summed E-state index contributed by atoms with van der Waals surface area (Å²) >= 11 is 6.36. The molecule has 3 aliphatic heterocycles. The number of nitrogens with zero attached hydrogens (tertiary/aromatic N) is 7. The maximum Gasteiger partial charge on any atom is 0.283 e. The van der Waals surface area contributed by atoms with Gasteiger partial charge in [-0.15, -0.1) is 5.10 Å². The molecule has 0 saturated heterocycles. The van der Waals surface area contributed by atoms with Crippen LogP contribution in [0.2, 0.25) is 5.02 Å². The minimum Gasteiger partial charge on any atom is -0.303 e. The summed E-state index contributed by atoms with van der Waals surface area (Å²) in [6.07, 6.45) is 1.70. The lowest BCUT2D eigenvalue weighted by Gasteiger charge is -2.20. The van der Waals surface area contributed by atoms with E-state index in [1.54, 1.807) is 48.5 Å². The number of nitrogens with one attached hydrogen (secondary N) is 1. The molecule has 3 aromatic carbocycles. The van der Waals surface area contributed by atoms with Gasteiger partial charge in [-0.25, -0.2) is 18.4 Å². The Morgan fingerprint density at radius 1 is 0.902 bits per heavy atom. The summed E-state index contributed by atoms with van der Waals surface area (Å²) in [4.78, 5) is 46.0. The van der Waals surface area contributed by atoms with Gasteiger partial charge in [0.05, 0.1) is 34.6 Å². The van der Waals surface area contributed by atoms with Crippen molar-refractivity contribution >= 4 is 51.4 Å². The number of H-pyrrole nitrogens is 1. The number of benzene rings is 3. The molecular weight excluding hydrogens is 678 g/mol. The smallest absolute Gasteiger partial charge is 0.283 e. The minimum absolute atomic E-state index is 0.187. The maximum atomic E-state index is 13.9. The van der Waals surface area contributed by atoms with Gasteiger partial charge in [0.25, 0.3) is 23.8 Å². The second-order valence-electron chi connectivity index (χ2n) is 13.1. The summed E-state index contributed by atoms with van der Waals surface area (Å²) < 4.78 is 29.7. The number of amides is 2. The number of hydrogen-bond donors (Lipinski definition) is 1. The lowest BCUT2D eigenvalue weighted by atomic mass is 9.97. The number of anilines is 1. The molecule has 3 aromatic heterocycles. The zero-order chi connectivity index (χ0) is 34.7. The standard InChI is InChI=1S/C37H23ClF2N8O3/c38-20-6-8-30(46-16-29(34(39)40)43-45-46)24(13-20)18-11-31-25-14-26(25)33(47(31)32(49)12-18)28-10-19(15-41-28)17-5-7-23-27(9-17)42-44-35(23)48-36(50)21-3-1-2-4-22(21)37(48)51/h1-9,11-13,15-16,25-26,33-34H,10,14H2,(H,42,44)/t25-,26+,33+/m1/s1. The Balaban J connectivity index is 0.926. The second-order valence-corrected chi connectivity index (χ2v) is 13.6. The molecule has 250 valence electrons. The van der Waals surface area contributed by atoms with Gasteiger partial charge in [-0.1, -0.05) is 35.0 Å². The molecule has 1 fully saturated rings. The number of hydrogen-bond acceptors (Lipinski definition) is 7. The van der Waals surface area contributed by atoms with Crippen molar-refractivity contribution in [1.82, 2.24) is 29.8 Å². The molecule has 14 heteroatoms. The van der Waals surface area contributed by atoms with Gasteiger partial charge in [-0.05, 0) is 77.6 Å². The fourth-order valence-electron chi connectivity index (χ4n) is 7.83. The molecule has 4 aliphatic rings. The van der Waals surface area contributed by atoms with Crippen LogP contribution in [0.3, 0.4) is 0 Å². The zero-order valence-electron chi connectivity index (χ0n) is 26.3. The summed E-state index contributed by atoms with van der Waals surface area (Å²) in [6.45, 7) is 0. The fraction of sp³-hybridized carbons (Fsp3) is 0.162. The number of alkyl halides is 2. The van der Waals surface area contributed by atoms with Gasteiger partial charge in [0, 0.05) is 52.0 Å². The quantitative estimate of drug-likeness (QED) is 0.188. The number of carbonyl (C=O) groups is 2. The number of pyridine rings is 1. The predicted octanol–water partition coefficient (Wildman–Crippen LogP) is 6.91. The average molecular weight is 701 g/mol. The van der Waals surface area contributed by atoms with E-state index < -0.39 is 23.9 Å². The number of aromatic nitrogens is 6. The first kappa shape index (κ1) is 29.8. The van der Waals surface area contributed by atoms with Crippen LogP contribution in [0.15, 0.2) is 95.0 Å². The van der Waals surface area contributed by atoms with Crippen LogP contribution in [0.25, 0.3) is 33.3 Å². The monoisotopic (exact) mass is 700 g/mol. The molecule has 1 N–H and O–H groups in total. The highest BCUT2D eigenvalue weighted by Crippen LogP contribution is 2.60. The normalized spacial score (nSPS) is 20.2. The van der Waals surface area contributed by atoms with Crippen LogP contribution in [0.4, 0.5) is 14.6 Å². The van der Waals surface area contributed by atoms with Crippen LogP contribution in [-0.2, 0) is 0 Å². The third-order valence-corrected chi connectivity index (χ3v) is 10.5. The molecule has 0 unspecified atom stereocenters. The lowest BCUT2D eigenvalue weighted by molar-refractivity contribution is 0.0925. The molecule has 51 heavy (non-hydrogen) atoms. The Morgan fingerprint density at radius 2 is 1.71 bits per heavy atom. The molecule has 0 radical (unpaired) electrons. The van der Waals surface area contributed by atoms with Crippen molar-refractivity contribution in [2.75, 3.05) is 4.90 Å². The van der Waals surface area contributed by atoms with E-state index in [1.807, 2.05) is 35.0 Å². The van der Waals surface area contributed by atoms with E-state index in [0.29, 0.717) is 50.3 Å². The number of rotatable bonds is 6. The molecule has 2 amide bonds. The van der Waals surface area contributed by atoms with Crippen LogP contribution in [0.1, 0.15) is 68.9 Å². The van der Waals surface area contributed by atoms with Gasteiger partial charge in [0.2, 0.25) is 0 Å². The predicted molar refractivity (Wildman–Crippen MR) is 185 cm³/mol. The highest BCUT2D eigenvalue weighted by atomic mass is 35.5. The fourth-order valence-corrected chi connectivity index (χ4v) is 8.00. The van der Waals surface area contributed by atoms with E-state index >= 15 is 0 Å². The summed E-state index contributed by atoms with van der Waals surface area (Å²) in [5.41, 5.74) is 6.08. The highest BCUT2D eigenvalue weighted by molar-refractivity contribution is 6.35. The van der Waals surface area contributed by atoms with Crippen LogP contribution >= 0.6 is 11.6 Å². The topological polar surface area (TPSA) is 131 Å². The highest BCUT2D eigenvalue weighted by Gasteiger charge is 2.54.